The molecule has 1 atom stereocenters. The number of thioether (sulfide) groups is 1. The Morgan fingerprint density at radius 1 is 1.29 bits per heavy atom. The van der Waals surface area contributed by atoms with Crippen molar-refractivity contribution in [2.24, 2.45) is 5.92 Å². The topological polar surface area (TPSA) is 29.1 Å². The van der Waals surface area contributed by atoms with Crippen LogP contribution in [0.2, 0.25) is 0 Å². The van der Waals surface area contributed by atoms with E-state index in [2.05, 4.69) is 17.1 Å². The summed E-state index contributed by atoms with van der Waals surface area (Å²) in [7, 11) is -0.511. The summed E-state index contributed by atoms with van der Waals surface area (Å²) >= 11 is 2.08. The normalized spacial score (nSPS) is 38.7. The van der Waals surface area contributed by atoms with Crippen LogP contribution in [0.1, 0.15) is 19.3 Å². The Bertz CT molecular complexity index is 194. The van der Waals surface area contributed by atoms with Crippen LogP contribution in [-0.2, 0) is 10.8 Å². The van der Waals surface area contributed by atoms with Gasteiger partial charge in [0.05, 0.1) is 0 Å². The maximum Gasteiger partial charge on any atom is 0.0249 e. The molecule has 0 radical (unpaired) electrons. The van der Waals surface area contributed by atoms with Crippen LogP contribution in [0.15, 0.2) is 0 Å². The number of hydrogen-bond acceptors (Lipinski definition) is 3. The standard InChI is InChI=1S/C10H19NOS2/c12-14-5-2-10(3-6-14)11-7-9-1-4-13-8-9/h9-11H,1-8H2. The molecule has 0 aliphatic carbocycles. The minimum absolute atomic E-state index is 0.511. The Kier molecular flexibility index (Phi) is 4.32. The van der Waals surface area contributed by atoms with Gasteiger partial charge >= 0.3 is 0 Å². The molecule has 2 nitrogen and oxygen atoms in total. The van der Waals surface area contributed by atoms with Crippen molar-refractivity contribution in [3.8, 4) is 0 Å². The van der Waals surface area contributed by atoms with Gasteiger partial charge in [0, 0.05) is 28.3 Å². The van der Waals surface area contributed by atoms with E-state index in [1.54, 1.807) is 0 Å². The molecule has 0 aromatic rings. The van der Waals surface area contributed by atoms with Crippen LogP contribution in [0.4, 0.5) is 0 Å². The zero-order chi connectivity index (χ0) is 9.80. The summed E-state index contributed by atoms with van der Waals surface area (Å²) < 4.78 is 11.1. The van der Waals surface area contributed by atoms with E-state index < -0.39 is 10.8 Å². The Hall–Kier alpha value is 0.460. The molecule has 0 aromatic carbocycles. The largest absolute Gasteiger partial charge is 0.314 e. The van der Waals surface area contributed by atoms with E-state index in [0.29, 0.717) is 6.04 Å². The van der Waals surface area contributed by atoms with Crippen molar-refractivity contribution >= 4 is 22.6 Å². The lowest BCUT2D eigenvalue weighted by Crippen LogP contribution is -2.38. The van der Waals surface area contributed by atoms with Crippen molar-refractivity contribution in [2.45, 2.75) is 25.3 Å². The molecule has 0 spiro atoms. The maximum absolute atomic E-state index is 11.1. The predicted molar refractivity (Wildman–Crippen MR) is 64.3 cm³/mol. The van der Waals surface area contributed by atoms with E-state index in [4.69, 9.17) is 0 Å². The average molecular weight is 233 g/mol. The highest BCUT2D eigenvalue weighted by atomic mass is 32.2. The van der Waals surface area contributed by atoms with Crippen molar-refractivity contribution in [1.29, 1.82) is 0 Å². The summed E-state index contributed by atoms with van der Waals surface area (Å²) in [4.78, 5) is 0. The highest BCUT2D eigenvalue weighted by molar-refractivity contribution is 7.99. The Balaban J connectivity index is 1.63. The summed E-state index contributed by atoms with van der Waals surface area (Å²) in [6.07, 6.45) is 3.62. The molecular weight excluding hydrogens is 214 g/mol. The third-order valence-corrected chi connectivity index (χ3v) is 5.72. The summed E-state index contributed by atoms with van der Waals surface area (Å²) in [5.41, 5.74) is 0. The third-order valence-electron chi connectivity index (χ3n) is 3.11. The van der Waals surface area contributed by atoms with Crippen molar-refractivity contribution in [1.82, 2.24) is 5.32 Å². The molecule has 2 aliphatic rings. The molecule has 1 N–H and O–H groups in total. The fourth-order valence-electron chi connectivity index (χ4n) is 2.08. The summed E-state index contributed by atoms with van der Waals surface area (Å²) in [6.45, 7) is 1.18. The van der Waals surface area contributed by atoms with Gasteiger partial charge in [0.1, 0.15) is 0 Å². The number of nitrogens with one attached hydrogen (secondary N) is 1. The first-order valence-electron chi connectivity index (χ1n) is 5.50. The van der Waals surface area contributed by atoms with Gasteiger partial charge < -0.3 is 5.32 Å². The lowest BCUT2D eigenvalue weighted by molar-refractivity contribution is 0.427. The fourth-order valence-corrected chi connectivity index (χ4v) is 4.66. The maximum atomic E-state index is 11.1. The molecule has 2 aliphatic heterocycles. The molecular formula is C10H19NOS2. The van der Waals surface area contributed by atoms with Gasteiger partial charge in [-0.1, -0.05) is 0 Å². The molecule has 2 fully saturated rings. The van der Waals surface area contributed by atoms with Crippen LogP contribution in [0.25, 0.3) is 0 Å². The average Bonchev–Trinajstić information content (AvgIpc) is 2.70. The van der Waals surface area contributed by atoms with E-state index in [1.165, 1.54) is 24.5 Å². The minimum atomic E-state index is -0.511. The van der Waals surface area contributed by atoms with Gasteiger partial charge in [0.25, 0.3) is 0 Å². The smallest absolute Gasteiger partial charge is 0.0249 e. The Morgan fingerprint density at radius 2 is 2.07 bits per heavy atom. The van der Waals surface area contributed by atoms with Gasteiger partial charge in [-0.2, -0.15) is 11.8 Å². The van der Waals surface area contributed by atoms with Gasteiger partial charge in [-0.05, 0) is 43.2 Å². The lowest BCUT2D eigenvalue weighted by atomic mass is 10.1. The van der Waals surface area contributed by atoms with E-state index >= 15 is 0 Å². The molecule has 0 aromatic heterocycles. The van der Waals surface area contributed by atoms with Crippen molar-refractivity contribution in [2.75, 3.05) is 29.6 Å². The molecule has 2 heterocycles. The van der Waals surface area contributed by atoms with Crippen LogP contribution in [0.3, 0.4) is 0 Å². The number of hydrogen-bond donors (Lipinski definition) is 1. The highest BCUT2D eigenvalue weighted by Gasteiger charge is 2.20. The van der Waals surface area contributed by atoms with Crippen molar-refractivity contribution in [3.63, 3.8) is 0 Å². The van der Waals surface area contributed by atoms with Crippen molar-refractivity contribution in [3.05, 3.63) is 0 Å². The second-order valence-electron chi connectivity index (χ2n) is 4.26. The molecule has 2 rings (SSSR count). The Morgan fingerprint density at radius 3 is 2.71 bits per heavy atom. The zero-order valence-electron chi connectivity index (χ0n) is 8.54. The highest BCUT2D eigenvalue weighted by Crippen LogP contribution is 2.23. The minimum Gasteiger partial charge on any atom is -0.314 e. The SMILES string of the molecule is O=S1CCC(NCC2CCSC2)CC1. The van der Waals surface area contributed by atoms with Gasteiger partial charge in [-0.15, -0.1) is 0 Å². The summed E-state index contributed by atoms with van der Waals surface area (Å²) in [5.74, 6) is 5.41. The molecule has 14 heavy (non-hydrogen) atoms. The quantitative estimate of drug-likeness (QED) is 0.795. The first-order chi connectivity index (χ1) is 6.84. The van der Waals surface area contributed by atoms with Gasteiger partial charge in [0.2, 0.25) is 0 Å². The van der Waals surface area contributed by atoms with E-state index in [1.807, 2.05) is 0 Å². The van der Waals surface area contributed by atoms with Crippen LogP contribution < -0.4 is 5.32 Å². The monoisotopic (exact) mass is 233 g/mol. The Labute approximate surface area is 93.1 Å². The molecule has 0 bridgehead atoms. The fraction of sp³-hybridized carbons (Fsp3) is 1.00. The number of rotatable bonds is 3. The second-order valence-corrected chi connectivity index (χ2v) is 7.11. The van der Waals surface area contributed by atoms with E-state index in [9.17, 15) is 4.21 Å². The summed E-state index contributed by atoms with van der Waals surface area (Å²) in [5, 5.41) is 3.64. The second kappa shape index (κ2) is 5.52. The van der Waals surface area contributed by atoms with Gasteiger partial charge in [-0.25, -0.2) is 0 Å². The van der Waals surface area contributed by atoms with Crippen LogP contribution in [-0.4, -0.2) is 39.8 Å². The third kappa shape index (κ3) is 3.24. The summed E-state index contributed by atoms with van der Waals surface area (Å²) in [6, 6.07) is 0.651. The zero-order valence-corrected chi connectivity index (χ0v) is 10.2. The van der Waals surface area contributed by atoms with E-state index in [0.717, 1.165) is 30.3 Å². The molecule has 1 unspecified atom stereocenters. The predicted octanol–water partition coefficient (Wildman–Crippen LogP) is 1.24. The molecule has 2 saturated heterocycles. The van der Waals surface area contributed by atoms with E-state index in [-0.39, 0.29) is 0 Å². The molecule has 0 amide bonds. The van der Waals surface area contributed by atoms with Crippen LogP contribution in [0, 0.1) is 5.92 Å². The van der Waals surface area contributed by atoms with Gasteiger partial charge in [0.15, 0.2) is 0 Å². The molecule has 0 saturated carbocycles. The first-order valence-corrected chi connectivity index (χ1v) is 8.15. The molecule has 82 valence electrons. The van der Waals surface area contributed by atoms with Crippen molar-refractivity contribution < 1.29 is 4.21 Å². The first kappa shape index (κ1) is 11.0. The van der Waals surface area contributed by atoms with Crippen LogP contribution in [0.5, 0.6) is 0 Å². The van der Waals surface area contributed by atoms with Gasteiger partial charge in [-0.3, -0.25) is 4.21 Å². The van der Waals surface area contributed by atoms with Crippen LogP contribution >= 0.6 is 11.8 Å². The molecule has 4 heteroatoms. The lowest BCUT2D eigenvalue weighted by Gasteiger charge is -2.24.